The molecule has 0 saturated heterocycles. The second-order valence-corrected chi connectivity index (χ2v) is 1.54. The van der Waals surface area contributed by atoms with Gasteiger partial charge >= 0.3 is 0 Å². The lowest BCUT2D eigenvalue weighted by Gasteiger charge is -1.79. The van der Waals surface area contributed by atoms with E-state index >= 15 is 0 Å². The highest BCUT2D eigenvalue weighted by Crippen LogP contribution is 1.98. The van der Waals surface area contributed by atoms with Crippen LogP contribution in [0, 0.1) is 0 Å². The van der Waals surface area contributed by atoms with E-state index < -0.39 is 0 Å². The second-order valence-electron chi connectivity index (χ2n) is 1.15. The maximum atomic E-state index is 5.43. The Hall–Kier alpha value is -0.560. The van der Waals surface area contributed by atoms with Gasteiger partial charge in [-0.25, -0.2) is 4.98 Å². The molecule has 0 aliphatic carbocycles. The van der Waals surface area contributed by atoms with Gasteiger partial charge in [0, 0.05) is 6.20 Å². The van der Waals surface area contributed by atoms with Crippen LogP contribution < -0.4 is 0 Å². The SMILES string of the molecule is C.Clc1ccccn1. The van der Waals surface area contributed by atoms with Gasteiger partial charge in [-0.1, -0.05) is 25.1 Å². The maximum Gasteiger partial charge on any atom is 0.129 e. The quantitative estimate of drug-likeness (QED) is 0.490. The molecule has 8 heavy (non-hydrogen) atoms. The minimum atomic E-state index is 0. The summed E-state index contributed by atoms with van der Waals surface area (Å²) in [6.45, 7) is 0. The molecule has 1 nitrogen and oxygen atoms in total. The first-order valence-corrected chi connectivity index (χ1v) is 2.34. The summed E-state index contributed by atoms with van der Waals surface area (Å²) in [7, 11) is 0. The molecule has 0 spiro atoms. The van der Waals surface area contributed by atoms with Gasteiger partial charge in [0.2, 0.25) is 0 Å². The van der Waals surface area contributed by atoms with Crippen LogP contribution in [0.1, 0.15) is 7.43 Å². The molecule has 0 bridgehead atoms. The van der Waals surface area contributed by atoms with E-state index in [0.29, 0.717) is 5.15 Å². The molecule has 0 amide bonds. The summed E-state index contributed by atoms with van der Waals surface area (Å²) in [5.41, 5.74) is 0. The van der Waals surface area contributed by atoms with Crippen molar-refractivity contribution in [2.75, 3.05) is 0 Å². The number of nitrogens with zero attached hydrogens (tertiary/aromatic N) is 1. The minimum absolute atomic E-state index is 0. The molecule has 0 radical (unpaired) electrons. The maximum absolute atomic E-state index is 5.43. The molecule has 0 atom stereocenters. The van der Waals surface area contributed by atoms with Crippen LogP contribution >= 0.6 is 11.6 Å². The third kappa shape index (κ3) is 1.94. The van der Waals surface area contributed by atoms with E-state index in [-0.39, 0.29) is 7.43 Å². The van der Waals surface area contributed by atoms with Gasteiger partial charge in [0.05, 0.1) is 0 Å². The summed E-state index contributed by atoms with van der Waals surface area (Å²) in [4.78, 5) is 3.74. The van der Waals surface area contributed by atoms with Crippen LogP contribution in [0.25, 0.3) is 0 Å². The lowest BCUT2D eigenvalue weighted by Crippen LogP contribution is -1.65. The largest absolute Gasteiger partial charge is 0.245 e. The highest BCUT2D eigenvalue weighted by Gasteiger charge is 1.76. The smallest absolute Gasteiger partial charge is 0.129 e. The topological polar surface area (TPSA) is 12.9 Å². The normalized spacial score (nSPS) is 7.62. The van der Waals surface area contributed by atoms with Crippen LogP contribution in [0.2, 0.25) is 5.15 Å². The Bertz CT molecular complexity index is 138. The summed E-state index contributed by atoms with van der Waals surface area (Å²) in [5, 5.41) is 0.544. The molecule has 0 aliphatic heterocycles. The van der Waals surface area contributed by atoms with Crippen LogP contribution in [0.5, 0.6) is 0 Å². The van der Waals surface area contributed by atoms with Crippen molar-refractivity contribution in [3.63, 3.8) is 0 Å². The van der Waals surface area contributed by atoms with Gasteiger partial charge in [-0.15, -0.1) is 0 Å². The van der Waals surface area contributed by atoms with Gasteiger partial charge in [-0.05, 0) is 12.1 Å². The van der Waals surface area contributed by atoms with Crippen molar-refractivity contribution >= 4 is 11.6 Å². The van der Waals surface area contributed by atoms with Crippen molar-refractivity contribution in [2.45, 2.75) is 7.43 Å². The Labute approximate surface area is 54.3 Å². The molecule has 0 saturated carbocycles. The highest BCUT2D eigenvalue weighted by atomic mass is 35.5. The molecule has 1 heterocycles. The van der Waals surface area contributed by atoms with E-state index in [9.17, 15) is 0 Å². The van der Waals surface area contributed by atoms with E-state index in [0.717, 1.165) is 0 Å². The summed E-state index contributed by atoms with van der Waals surface area (Å²) < 4.78 is 0. The summed E-state index contributed by atoms with van der Waals surface area (Å²) in [5.74, 6) is 0. The molecule has 1 rings (SSSR count). The lowest BCUT2D eigenvalue weighted by molar-refractivity contribution is 1.33. The van der Waals surface area contributed by atoms with Crippen LogP contribution in [-0.2, 0) is 0 Å². The van der Waals surface area contributed by atoms with Crippen molar-refractivity contribution in [3.05, 3.63) is 29.5 Å². The number of aromatic nitrogens is 1. The van der Waals surface area contributed by atoms with E-state index in [1.165, 1.54) is 0 Å². The standard InChI is InChI=1S/C5H4ClN.CH4/c6-5-3-1-2-4-7-5;/h1-4H;1H4. The first-order chi connectivity index (χ1) is 3.39. The van der Waals surface area contributed by atoms with Crippen molar-refractivity contribution in [1.82, 2.24) is 4.98 Å². The highest BCUT2D eigenvalue weighted by molar-refractivity contribution is 6.29. The van der Waals surface area contributed by atoms with Crippen molar-refractivity contribution in [1.29, 1.82) is 0 Å². The van der Waals surface area contributed by atoms with Gasteiger partial charge in [0.1, 0.15) is 5.15 Å². The monoisotopic (exact) mass is 129 g/mol. The van der Waals surface area contributed by atoms with E-state index in [1.807, 2.05) is 12.1 Å². The van der Waals surface area contributed by atoms with Crippen molar-refractivity contribution in [2.24, 2.45) is 0 Å². The second kappa shape index (κ2) is 3.44. The number of halogens is 1. The molecule has 0 aliphatic rings. The molecule has 0 unspecified atom stereocenters. The predicted octanol–water partition coefficient (Wildman–Crippen LogP) is 2.37. The molecule has 0 fully saturated rings. The first-order valence-electron chi connectivity index (χ1n) is 1.96. The van der Waals surface area contributed by atoms with Gasteiger partial charge < -0.3 is 0 Å². The fourth-order valence-corrected chi connectivity index (χ4v) is 0.471. The zero-order valence-corrected chi connectivity index (χ0v) is 4.39. The molecule has 1 aromatic heterocycles. The van der Waals surface area contributed by atoms with Gasteiger partial charge in [0.15, 0.2) is 0 Å². The Balaban J connectivity index is 0.000000490. The molecule has 2 heteroatoms. The van der Waals surface area contributed by atoms with Gasteiger partial charge in [0.25, 0.3) is 0 Å². The Kier molecular flexibility index (Phi) is 3.20. The van der Waals surface area contributed by atoms with Crippen LogP contribution in [-0.4, -0.2) is 4.98 Å². The Morgan fingerprint density at radius 1 is 1.38 bits per heavy atom. The van der Waals surface area contributed by atoms with E-state index in [4.69, 9.17) is 11.6 Å². The molecule has 0 N–H and O–H groups in total. The fourth-order valence-electron chi connectivity index (χ4n) is 0.342. The number of pyridine rings is 1. The average Bonchev–Trinajstić information content (AvgIpc) is 1.69. The average molecular weight is 130 g/mol. The van der Waals surface area contributed by atoms with Gasteiger partial charge in [-0.3, -0.25) is 0 Å². The number of rotatable bonds is 0. The van der Waals surface area contributed by atoms with Crippen LogP contribution in [0.4, 0.5) is 0 Å². The summed E-state index contributed by atoms with van der Waals surface area (Å²) >= 11 is 5.43. The first kappa shape index (κ1) is 7.44. The minimum Gasteiger partial charge on any atom is -0.245 e. The molecule has 44 valence electrons. The Morgan fingerprint density at radius 2 is 2.12 bits per heavy atom. The number of hydrogen-bond donors (Lipinski definition) is 0. The zero-order chi connectivity index (χ0) is 5.11. The van der Waals surface area contributed by atoms with Gasteiger partial charge in [-0.2, -0.15) is 0 Å². The van der Waals surface area contributed by atoms with Crippen LogP contribution in [0.15, 0.2) is 24.4 Å². The molecular weight excluding hydrogens is 122 g/mol. The van der Waals surface area contributed by atoms with Crippen LogP contribution in [0.3, 0.4) is 0 Å². The van der Waals surface area contributed by atoms with E-state index in [2.05, 4.69) is 4.98 Å². The number of hydrogen-bond acceptors (Lipinski definition) is 1. The lowest BCUT2D eigenvalue weighted by atomic mass is 10.5. The zero-order valence-electron chi connectivity index (χ0n) is 3.63. The fraction of sp³-hybridized carbons (Fsp3) is 0.167. The van der Waals surface area contributed by atoms with Crippen molar-refractivity contribution in [3.8, 4) is 0 Å². The Morgan fingerprint density at radius 3 is 2.38 bits per heavy atom. The summed E-state index contributed by atoms with van der Waals surface area (Å²) in [6, 6.07) is 5.41. The third-order valence-corrected chi connectivity index (χ3v) is 0.852. The van der Waals surface area contributed by atoms with Crippen molar-refractivity contribution < 1.29 is 0 Å². The molecule has 1 aromatic rings. The van der Waals surface area contributed by atoms with E-state index in [1.54, 1.807) is 12.3 Å². The predicted molar refractivity (Wildman–Crippen MR) is 36.0 cm³/mol. The summed E-state index contributed by atoms with van der Waals surface area (Å²) in [6.07, 6.45) is 1.66. The molecular formula is C6H8ClN. The third-order valence-electron chi connectivity index (χ3n) is 0.629. The molecule has 0 aromatic carbocycles.